The lowest BCUT2D eigenvalue weighted by molar-refractivity contribution is 0.0889. The van der Waals surface area contributed by atoms with Gasteiger partial charge in [-0.3, -0.25) is 9.69 Å². The molecule has 0 N–H and O–H groups in total. The Bertz CT molecular complexity index is 492. The van der Waals surface area contributed by atoms with Gasteiger partial charge in [0.1, 0.15) is 0 Å². The molecule has 0 aromatic heterocycles. The fraction of sp³-hybridized carbons (Fsp3) is 0.500. The van der Waals surface area contributed by atoms with Crippen molar-refractivity contribution < 1.29 is 4.79 Å². The maximum atomic E-state index is 12.6. The zero-order valence-corrected chi connectivity index (χ0v) is 12.1. The van der Waals surface area contributed by atoms with Gasteiger partial charge in [-0.1, -0.05) is 49.6 Å². The van der Waals surface area contributed by atoms with E-state index in [0.29, 0.717) is 5.78 Å². The Labute approximate surface area is 121 Å². The molecular formula is C18H23NO. The Hall–Kier alpha value is -1.41. The first-order valence-electron chi connectivity index (χ1n) is 7.83. The number of carbonyl (C=O) groups is 1. The van der Waals surface area contributed by atoms with Crippen LogP contribution in [0.3, 0.4) is 0 Å². The minimum Gasteiger partial charge on any atom is -0.294 e. The number of ketones is 1. The highest BCUT2D eigenvalue weighted by atomic mass is 16.1. The first kappa shape index (κ1) is 13.6. The maximum Gasteiger partial charge on any atom is 0.165 e. The second-order valence-corrected chi connectivity index (χ2v) is 6.07. The van der Waals surface area contributed by atoms with Crippen molar-refractivity contribution >= 4 is 5.78 Å². The summed E-state index contributed by atoms with van der Waals surface area (Å²) < 4.78 is 0. The van der Waals surface area contributed by atoms with Gasteiger partial charge in [0.2, 0.25) is 0 Å². The highest BCUT2D eigenvalue weighted by Crippen LogP contribution is 2.27. The lowest BCUT2D eigenvalue weighted by Crippen LogP contribution is -2.20. The first-order chi connectivity index (χ1) is 9.83. The third-order valence-electron chi connectivity index (χ3n) is 4.49. The van der Waals surface area contributed by atoms with Crippen molar-refractivity contribution in [1.82, 2.24) is 4.90 Å². The van der Waals surface area contributed by atoms with Gasteiger partial charge >= 0.3 is 0 Å². The average Bonchev–Trinajstić information content (AvgIpc) is 3.01. The highest BCUT2D eigenvalue weighted by molar-refractivity contribution is 5.98. The number of Topliss-reactive ketones (excluding diaryl/α,β-unsaturated/α-hetero) is 1. The summed E-state index contributed by atoms with van der Waals surface area (Å²) in [5.41, 5.74) is 2.18. The summed E-state index contributed by atoms with van der Waals surface area (Å²) in [6.07, 6.45) is 10.3. The molecule has 1 aromatic carbocycles. The molecule has 0 spiro atoms. The standard InChI is InChI=1S/C18H23NO/c20-18(16-8-2-1-3-9-16)17-10-6-7-15(13-17)14-19-11-4-5-12-19/h4-7,10,13,16H,1-3,8-9,11-12,14H2. The second kappa shape index (κ2) is 6.36. The van der Waals surface area contributed by atoms with Crippen LogP contribution in [0.1, 0.15) is 48.0 Å². The number of benzene rings is 1. The first-order valence-corrected chi connectivity index (χ1v) is 7.83. The lowest BCUT2D eigenvalue weighted by atomic mass is 9.83. The molecule has 0 saturated heterocycles. The normalized spacial score (nSPS) is 20.4. The largest absolute Gasteiger partial charge is 0.294 e. The predicted molar refractivity (Wildman–Crippen MR) is 81.8 cm³/mol. The SMILES string of the molecule is O=C(c1cccc(CN2CC=CC2)c1)C1CCCCC1. The Kier molecular flexibility index (Phi) is 4.31. The fourth-order valence-electron chi connectivity index (χ4n) is 3.33. The van der Waals surface area contributed by atoms with E-state index in [1.54, 1.807) is 0 Å². The van der Waals surface area contributed by atoms with Gasteiger partial charge in [0.05, 0.1) is 0 Å². The summed E-state index contributed by atoms with van der Waals surface area (Å²) in [7, 11) is 0. The molecule has 2 heteroatoms. The zero-order chi connectivity index (χ0) is 13.8. The van der Waals surface area contributed by atoms with E-state index in [4.69, 9.17) is 0 Å². The Morgan fingerprint density at radius 3 is 2.60 bits per heavy atom. The number of hydrogen-bond donors (Lipinski definition) is 0. The molecule has 1 fully saturated rings. The van der Waals surface area contributed by atoms with Crippen molar-refractivity contribution in [2.75, 3.05) is 13.1 Å². The van der Waals surface area contributed by atoms with Gasteiger partial charge in [0, 0.05) is 31.1 Å². The molecule has 106 valence electrons. The third kappa shape index (κ3) is 3.18. The Morgan fingerprint density at radius 2 is 1.85 bits per heavy atom. The van der Waals surface area contributed by atoms with Gasteiger partial charge < -0.3 is 0 Å². The Balaban J connectivity index is 1.68. The van der Waals surface area contributed by atoms with E-state index in [9.17, 15) is 4.79 Å². The molecule has 20 heavy (non-hydrogen) atoms. The number of nitrogens with zero attached hydrogens (tertiary/aromatic N) is 1. The van der Waals surface area contributed by atoms with E-state index >= 15 is 0 Å². The molecular weight excluding hydrogens is 246 g/mol. The number of hydrogen-bond acceptors (Lipinski definition) is 2. The molecule has 0 unspecified atom stereocenters. The van der Waals surface area contributed by atoms with Gasteiger partial charge in [-0.25, -0.2) is 0 Å². The average molecular weight is 269 g/mol. The topological polar surface area (TPSA) is 20.3 Å². The summed E-state index contributed by atoms with van der Waals surface area (Å²) in [5.74, 6) is 0.638. The molecule has 1 aliphatic carbocycles. The van der Waals surface area contributed by atoms with E-state index in [-0.39, 0.29) is 5.92 Å². The van der Waals surface area contributed by atoms with Crippen molar-refractivity contribution in [2.24, 2.45) is 5.92 Å². The molecule has 0 amide bonds. The predicted octanol–water partition coefficient (Wildman–Crippen LogP) is 3.82. The van der Waals surface area contributed by atoms with Gasteiger partial charge in [0.15, 0.2) is 5.78 Å². The summed E-state index contributed by atoms with van der Waals surface area (Å²) in [4.78, 5) is 14.9. The monoisotopic (exact) mass is 269 g/mol. The summed E-state index contributed by atoms with van der Waals surface area (Å²) in [6.45, 7) is 3.00. The fourth-order valence-corrected chi connectivity index (χ4v) is 3.33. The lowest BCUT2D eigenvalue weighted by Gasteiger charge is -2.21. The van der Waals surface area contributed by atoms with Crippen LogP contribution in [0.15, 0.2) is 36.4 Å². The number of carbonyl (C=O) groups excluding carboxylic acids is 1. The van der Waals surface area contributed by atoms with Crippen molar-refractivity contribution in [3.63, 3.8) is 0 Å². The second-order valence-electron chi connectivity index (χ2n) is 6.07. The molecule has 2 nitrogen and oxygen atoms in total. The van der Waals surface area contributed by atoms with E-state index < -0.39 is 0 Å². The van der Waals surface area contributed by atoms with Crippen molar-refractivity contribution in [3.05, 3.63) is 47.5 Å². The Morgan fingerprint density at radius 1 is 1.10 bits per heavy atom. The summed E-state index contributed by atoms with van der Waals surface area (Å²) in [5, 5.41) is 0. The smallest absolute Gasteiger partial charge is 0.165 e. The van der Waals surface area contributed by atoms with Crippen LogP contribution >= 0.6 is 0 Å². The van der Waals surface area contributed by atoms with Crippen molar-refractivity contribution in [1.29, 1.82) is 0 Å². The quantitative estimate of drug-likeness (QED) is 0.612. The minimum absolute atomic E-state index is 0.271. The van der Waals surface area contributed by atoms with Crippen LogP contribution in [0.25, 0.3) is 0 Å². The maximum absolute atomic E-state index is 12.6. The van der Waals surface area contributed by atoms with Gasteiger partial charge in [-0.15, -0.1) is 0 Å². The molecule has 0 atom stereocenters. The van der Waals surface area contributed by atoms with E-state index in [2.05, 4.69) is 29.2 Å². The minimum atomic E-state index is 0.271. The molecule has 2 aliphatic rings. The van der Waals surface area contributed by atoms with Gasteiger partial charge in [-0.2, -0.15) is 0 Å². The molecule has 3 rings (SSSR count). The van der Waals surface area contributed by atoms with Crippen LogP contribution in [0.2, 0.25) is 0 Å². The van der Waals surface area contributed by atoms with Crippen LogP contribution in [0, 0.1) is 5.92 Å². The van der Waals surface area contributed by atoms with Crippen molar-refractivity contribution in [3.8, 4) is 0 Å². The van der Waals surface area contributed by atoms with Crippen LogP contribution in [0.5, 0.6) is 0 Å². The number of rotatable bonds is 4. The molecule has 1 aliphatic heterocycles. The molecule has 1 saturated carbocycles. The van der Waals surface area contributed by atoms with Crippen molar-refractivity contribution in [2.45, 2.75) is 38.6 Å². The molecule has 0 bridgehead atoms. The highest BCUT2D eigenvalue weighted by Gasteiger charge is 2.22. The summed E-state index contributed by atoms with van der Waals surface area (Å²) in [6, 6.07) is 8.27. The summed E-state index contributed by atoms with van der Waals surface area (Å²) >= 11 is 0. The van der Waals surface area contributed by atoms with E-state index in [1.807, 2.05) is 12.1 Å². The van der Waals surface area contributed by atoms with Gasteiger partial charge in [-0.05, 0) is 24.5 Å². The van der Waals surface area contributed by atoms with Crippen LogP contribution in [-0.2, 0) is 6.54 Å². The third-order valence-corrected chi connectivity index (χ3v) is 4.49. The van der Waals surface area contributed by atoms with Gasteiger partial charge in [0.25, 0.3) is 0 Å². The molecule has 1 aromatic rings. The van der Waals surface area contributed by atoms with E-state index in [0.717, 1.165) is 38.0 Å². The van der Waals surface area contributed by atoms with Crippen LogP contribution in [-0.4, -0.2) is 23.8 Å². The van der Waals surface area contributed by atoms with E-state index in [1.165, 1.54) is 24.8 Å². The zero-order valence-electron chi connectivity index (χ0n) is 12.1. The molecule has 0 radical (unpaired) electrons. The van der Waals surface area contributed by atoms with Crippen LogP contribution in [0.4, 0.5) is 0 Å². The molecule has 1 heterocycles. The van der Waals surface area contributed by atoms with Crippen LogP contribution < -0.4 is 0 Å².